The van der Waals surface area contributed by atoms with Crippen molar-refractivity contribution in [3.05, 3.63) is 63.8 Å². The van der Waals surface area contributed by atoms with E-state index in [-0.39, 0.29) is 5.41 Å². The van der Waals surface area contributed by atoms with Crippen molar-refractivity contribution in [3.63, 3.8) is 0 Å². The fourth-order valence-electron chi connectivity index (χ4n) is 6.76. The average molecular weight is 513 g/mol. The first-order valence-corrected chi connectivity index (χ1v) is 13.9. The Hall–Kier alpha value is -3.18. The molecule has 0 radical (unpaired) electrons. The number of piperazine rings is 1. The zero-order valence-electron chi connectivity index (χ0n) is 22.4. The maximum atomic E-state index is 12.6. The second-order valence-electron chi connectivity index (χ2n) is 10.9. The van der Waals surface area contributed by atoms with E-state index in [1.165, 1.54) is 16.8 Å². The fraction of sp³-hybridized carbons (Fsp3) is 0.484. The summed E-state index contributed by atoms with van der Waals surface area (Å²) in [5, 5.41) is 10.6. The first kappa shape index (κ1) is 25.1. The monoisotopic (exact) mass is 512 g/mol. The standard InChI is InChI=1S/C31H36N4O3/c1-3-23-15-24(18-36)27(16-29(23)35-10-8-34(9-11-35)25-19-38-20-25)31(6-12-37-13-7-31)30-21(2)26-5-4-22(17-32)14-28(26)33-30/h4-5,14-16,18,25,33H,3,6-13,19-20H2,1-2H3. The van der Waals surface area contributed by atoms with Crippen molar-refractivity contribution >= 4 is 22.9 Å². The smallest absolute Gasteiger partial charge is 0.150 e. The topological polar surface area (TPSA) is 81.6 Å². The summed E-state index contributed by atoms with van der Waals surface area (Å²) >= 11 is 0. The second-order valence-corrected chi connectivity index (χ2v) is 10.9. The van der Waals surface area contributed by atoms with Crippen LogP contribution in [0.15, 0.2) is 30.3 Å². The lowest BCUT2D eigenvalue weighted by Crippen LogP contribution is -2.56. The summed E-state index contributed by atoms with van der Waals surface area (Å²) in [7, 11) is 0. The quantitative estimate of drug-likeness (QED) is 0.495. The van der Waals surface area contributed by atoms with E-state index in [1.807, 2.05) is 18.2 Å². The van der Waals surface area contributed by atoms with Crippen LogP contribution in [-0.2, 0) is 21.3 Å². The lowest BCUT2D eigenvalue weighted by molar-refractivity contribution is -0.0660. The first-order chi connectivity index (χ1) is 18.6. The van der Waals surface area contributed by atoms with Gasteiger partial charge in [0, 0.05) is 72.7 Å². The lowest BCUT2D eigenvalue weighted by Gasteiger charge is -2.44. The molecule has 3 aliphatic heterocycles. The third kappa shape index (κ3) is 4.12. The minimum atomic E-state index is -0.365. The zero-order valence-corrected chi connectivity index (χ0v) is 22.4. The van der Waals surface area contributed by atoms with Crippen LogP contribution >= 0.6 is 0 Å². The molecule has 3 fully saturated rings. The molecule has 7 heteroatoms. The van der Waals surface area contributed by atoms with E-state index < -0.39 is 0 Å². The molecule has 1 aromatic heterocycles. The molecular weight excluding hydrogens is 476 g/mol. The van der Waals surface area contributed by atoms with Crippen molar-refractivity contribution < 1.29 is 14.3 Å². The van der Waals surface area contributed by atoms with Gasteiger partial charge in [0.2, 0.25) is 0 Å². The number of hydrogen-bond donors (Lipinski definition) is 1. The molecule has 2 aromatic carbocycles. The second kappa shape index (κ2) is 10.2. The van der Waals surface area contributed by atoms with Crippen molar-refractivity contribution in [2.75, 3.05) is 57.5 Å². The van der Waals surface area contributed by atoms with Crippen molar-refractivity contribution in [1.29, 1.82) is 5.26 Å². The Balaban J connectivity index is 1.46. The Labute approximate surface area is 224 Å². The van der Waals surface area contributed by atoms with Crippen LogP contribution in [0.25, 0.3) is 10.9 Å². The molecule has 6 rings (SSSR count). The summed E-state index contributed by atoms with van der Waals surface area (Å²) < 4.78 is 11.3. The van der Waals surface area contributed by atoms with Gasteiger partial charge in [-0.3, -0.25) is 9.69 Å². The number of carbonyl (C=O) groups is 1. The van der Waals surface area contributed by atoms with E-state index in [4.69, 9.17) is 9.47 Å². The predicted molar refractivity (Wildman–Crippen MR) is 148 cm³/mol. The van der Waals surface area contributed by atoms with Crippen molar-refractivity contribution in [2.45, 2.75) is 44.6 Å². The van der Waals surface area contributed by atoms with Gasteiger partial charge in [-0.2, -0.15) is 5.26 Å². The number of H-pyrrole nitrogens is 1. The molecule has 0 aliphatic carbocycles. The van der Waals surface area contributed by atoms with Gasteiger partial charge >= 0.3 is 0 Å². The molecule has 0 atom stereocenters. The van der Waals surface area contributed by atoms with E-state index in [9.17, 15) is 10.1 Å². The fourth-order valence-corrected chi connectivity index (χ4v) is 6.76. The number of nitrogens with one attached hydrogen (secondary N) is 1. The van der Waals surface area contributed by atoms with Crippen LogP contribution in [0.5, 0.6) is 0 Å². The largest absolute Gasteiger partial charge is 0.381 e. The summed E-state index contributed by atoms with van der Waals surface area (Å²) in [6.07, 6.45) is 3.52. The molecule has 3 aliphatic rings. The molecule has 38 heavy (non-hydrogen) atoms. The van der Waals surface area contributed by atoms with Crippen LogP contribution < -0.4 is 4.90 Å². The molecule has 0 bridgehead atoms. The van der Waals surface area contributed by atoms with Crippen LogP contribution in [0.2, 0.25) is 0 Å². The van der Waals surface area contributed by atoms with Gasteiger partial charge < -0.3 is 19.4 Å². The first-order valence-electron chi connectivity index (χ1n) is 13.9. The molecular formula is C31H36N4O3. The van der Waals surface area contributed by atoms with Crippen LogP contribution in [0.1, 0.15) is 58.1 Å². The number of carbonyl (C=O) groups excluding carboxylic acids is 1. The molecule has 0 amide bonds. The summed E-state index contributed by atoms with van der Waals surface area (Å²) in [5.74, 6) is 0. The number of aryl methyl sites for hydroxylation is 2. The van der Waals surface area contributed by atoms with Crippen molar-refractivity contribution in [3.8, 4) is 6.07 Å². The van der Waals surface area contributed by atoms with E-state index in [1.54, 1.807) is 0 Å². The van der Waals surface area contributed by atoms with E-state index in [2.05, 4.69) is 46.8 Å². The van der Waals surface area contributed by atoms with E-state index in [0.29, 0.717) is 24.8 Å². The molecule has 4 heterocycles. The van der Waals surface area contributed by atoms with Crippen LogP contribution in [0, 0.1) is 18.3 Å². The van der Waals surface area contributed by atoms with Gasteiger partial charge in [0.1, 0.15) is 6.29 Å². The van der Waals surface area contributed by atoms with Gasteiger partial charge in [-0.1, -0.05) is 13.0 Å². The molecule has 7 nitrogen and oxygen atoms in total. The van der Waals surface area contributed by atoms with Crippen LogP contribution in [0.4, 0.5) is 5.69 Å². The number of aromatic nitrogens is 1. The number of fused-ring (bicyclic) bond motifs is 1. The van der Waals surface area contributed by atoms with Crippen molar-refractivity contribution in [2.24, 2.45) is 0 Å². The highest BCUT2D eigenvalue weighted by Gasteiger charge is 2.41. The molecule has 3 saturated heterocycles. The Morgan fingerprint density at radius 2 is 1.87 bits per heavy atom. The summed E-state index contributed by atoms with van der Waals surface area (Å²) in [4.78, 5) is 21.4. The Kier molecular flexibility index (Phi) is 6.73. The number of aldehydes is 1. The molecule has 1 N–H and O–H groups in total. The highest BCUT2D eigenvalue weighted by Crippen LogP contribution is 2.46. The summed E-state index contributed by atoms with van der Waals surface area (Å²) in [6.45, 7) is 11.3. The van der Waals surface area contributed by atoms with Gasteiger partial charge in [-0.25, -0.2) is 0 Å². The maximum Gasteiger partial charge on any atom is 0.150 e. The van der Waals surface area contributed by atoms with Crippen molar-refractivity contribution in [1.82, 2.24) is 9.88 Å². The number of ether oxygens (including phenoxy) is 2. The Morgan fingerprint density at radius 1 is 1.11 bits per heavy atom. The molecule has 3 aromatic rings. The Bertz CT molecular complexity index is 1390. The van der Waals surface area contributed by atoms with Crippen LogP contribution in [-0.4, -0.2) is 74.8 Å². The average Bonchev–Trinajstić information content (AvgIpc) is 3.28. The number of benzene rings is 2. The minimum Gasteiger partial charge on any atom is -0.381 e. The minimum absolute atomic E-state index is 0.365. The molecule has 0 saturated carbocycles. The number of hydrogen-bond acceptors (Lipinski definition) is 6. The van der Waals surface area contributed by atoms with Crippen LogP contribution in [0.3, 0.4) is 0 Å². The highest BCUT2D eigenvalue weighted by atomic mass is 16.5. The van der Waals surface area contributed by atoms with E-state index >= 15 is 0 Å². The number of anilines is 1. The van der Waals surface area contributed by atoms with Gasteiger partial charge in [0.25, 0.3) is 0 Å². The highest BCUT2D eigenvalue weighted by molar-refractivity contribution is 5.87. The number of nitrogens with zero attached hydrogens (tertiary/aromatic N) is 3. The van der Waals surface area contributed by atoms with Gasteiger partial charge in [0.05, 0.1) is 30.9 Å². The van der Waals surface area contributed by atoms with Gasteiger partial charge in [-0.15, -0.1) is 0 Å². The summed E-state index contributed by atoms with van der Waals surface area (Å²) in [6, 6.07) is 13.1. The SMILES string of the molecule is CCc1cc(C=O)c(C2(c3[nH]c4cc(C#N)ccc4c3C)CCOCC2)cc1N1CCN(C2COC2)CC1. The Morgan fingerprint density at radius 3 is 2.50 bits per heavy atom. The third-order valence-electron chi connectivity index (χ3n) is 9.08. The number of aromatic amines is 1. The lowest BCUT2D eigenvalue weighted by atomic mass is 9.68. The molecule has 0 spiro atoms. The third-order valence-corrected chi connectivity index (χ3v) is 9.08. The molecule has 0 unspecified atom stereocenters. The normalized spacial score (nSPS) is 20.3. The maximum absolute atomic E-state index is 12.6. The van der Waals surface area contributed by atoms with E-state index in [0.717, 1.165) is 92.7 Å². The van der Waals surface area contributed by atoms with Gasteiger partial charge in [-0.05, 0) is 67.1 Å². The van der Waals surface area contributed by atoms with Gasteiger partial charge in [0.15, 0.2) is 0 Å². The predicted octanol–water partition coefficient (Wildman–Crippen LogP) is 4.34. The summed E-state index contributed by atoms with van der Waals surface area (Å²) in [5.41, 5.74) is 7.91. The number of rotatable bonds is 6. The molecule has 198 valence electrons. The number of nitriles is 1. The zero-order chi connectivity index (χ0) is 26.3.